The average molecular weight is 208 g/mol. The fourth-order valence-corrected chi connectivity index (χ4v) is 2.19. The first-order valence-electron chi connectivity index (χ1n) is 5.07. The van der Waals surface area contributed by atoms with Crippen LogP contribution in [0.1, 0.15) is 0 Å². The molecule has 0 amide bonds. The minimum Gasteiger partial charge on any atom is -0.314 e. The van der Waals surface area contributed by atoms with Crippen LogP contribution in [0.2, 0.25) is 0 Å². The number of benzene rings is 1. The summed E-state index contributed by atoms with van der Waals surface area (Å²) >= 11 is 1.91. The molecule has 0 saturated carbocycles. The molecule has 2 rings (SSSR count). The van der Waals surface area contributed by atoms with Crippen molar-refractivity contribution in [2.24, 2.45) is 0 Å². The van der Waals surface area contributed by atoms with Crippen LogP contribution in [0, 0.1) is 0 Å². The normalized spacial score (nSPS) is 16.6. The topological polar surface area (TPSA) is 24.1 Å². The van der Waals surface area contributed by atoms with E-state index in [1.54, 1.807) is 0 Å². The zero-order chi connectivity index (χ0) is 9.64. The third kappa shape index (κ3) is 3.01. The molecule has 0 aromatic heterocycles. The number of hydrogen-bond acceptors (Lipinski definition) is 3. The molecule has 0 aliphatic carbocycles. The second-order valence-electron chi connectivity index (χ2n) is 3.47. The fraction of sp³-hybridized carbons (Fsp3) is 0.455. The van der Waals surface area contributed by atoms with E-state index in [-0.39, 0.29) is 0 Å². The summed E-state index contributed by atoms with van der Waals surface area (Å²) in [6, 6.07) is 11.3. The Balaban J connectivity index is 1.58. The lowest BCUT2D eigenvalue weighted by Gasteiger charge is -2.28. The first-order chi connectivity index (χ1) is 6.95. The third-order valence-corrected chi connectivity index (χ3v) is 3.34. The molecule has 1 aliphatic heterocycles. The minimum absolute atomic E-state index is 0.714. The standard InChI is InChI=1S/C11H16N2S/c1-2-4-11(5-3-1)14-7-6-13-10-8-12-9-10/h1-5,10,12-13H,6-9H2. The number of nitrogens with one attached hydrogen (secondary N) is 2. The smallest absolute Gasteiger partial charge is 0.0317 e. The summed E-state index contributed by atoms with van der Waals surface area (Å²) in [6.45, 7) is 3.37. The number of rotatable bonds is 5. The van der Waals surface area contributed by atoms with E-state index in [0.717, 1.165) is 25.4 Å². The van der Waals surface area contributed by atoms with E-state index in [0.29, 0.717) is 6.04 Å². The van der Waals surface area contributed by atoms with Gasteiger partial charge in [-0.1, -0.05) is 18.2 Å². The Morgan fingerprint density at radius 1 is 1.29 bits per heavy atom. The van der Waals surface area contributed by atoms with E-state index in [1.165, 1.54) is 4.90 Å². The summed E-state index contributed by atoms with van der Waals surface area (Å²) < 4.78 is 0. The molecule has 14 heavy (non-hydrogen) atoms. The highest BCUT2D eigenvalue weighted by atomic mass is 32.2. The number of hydrogen-bond donors (Lipinski definition) is 2. The molecule has 0 bridgehead atoms. The Bertz CT molecular complexity index is 259. The summed E-state index contributed by atoms with van der Waals surface area (Å²) in [5, 5.41) is 6.76. The lowest BCUT2D eigenvalue weighted by molar-refractivity contribution is 0.375. The van der Waals surface area contributed by atoms with Gasteiger partial charge in [0.1, 0.15) is 0 Å². The van der Waals surface area contributed by atoms with Crippen LogP contribution in [0.3, 0.4) is 0 Å². The summed E-state index contributed by atoms with van der Waals surface area (Å²) in [5.74, 6) is 1.15. The third-order valence-electron chi connectivity index (χ3n) is 2.33. The monoisotopic (exact) mass is 208 g/mol. The molecule has 3 heteroatoms. The van der Waals surface area contributed by atoms with Crippen molar-refractivity contribution in [3.63, 3.8) is 0 Å². The summed E-state index contributed by atoms with van der Waals surface area (Å²) in [5.41, 5.74) is 0. The summed E-state index contributed by atoms with van der Waals surface area (Å²) in [7, 11) is 0. The highest BCUT2D eigenvalue weighted by molar-refractivity contribution is 7.99. The van der Waals surface area contributed by atoms with Crippen molar-refractivity contribution < 1.29 is 0 Å². The van der Waals surface area contributed by atoms with Crippen LogP contribution in [-0.4, -0.2) is 31.4 Å². The maximum Gasteiger partial charge on any atom is 0.0317 e. The van der Waals surface area contributed by atoms with Crippen molar-refractivity contribution in [2.45, 2.75) is 10.9 Å². The van der Waals surface area contributed by atoms with Crippen molar-refractivity contribution >= 4 is 11.8 Å². The summed E-state index contributed by atoms with van der Waals surface area (Å²) in [4.78, 5) is 1.36. The predicted octanol–water partition coefficient (Wildman–Crippen LogP) is 1.34. The van der Waals surface area contributed by atoms with Gasteiger partial charge in [-0.15, -0.1) is 11.8 Å². The van der Waals surface area contributed by atoms with Crippen LogP contribution in [0.5, 0.6) is 0 Å². The van der Waals surface area contributed by atoms with Crippen LogP contribution in [0.15, 0.2) is 35.2 Å². The Hall–Kier alpha value is -0.510. The van der Waals surface area contributed by atoms with Crippen LogP contribution in [0.4, 0.5) is 0 Å². The minimum atomic E-state index is 0.714. The first-order valence-corrected chi connectivity index (χ1v) is 6.05. The van der Waals surface area contributed by atoms with Gasteiger partial charge in [-0.2, -0.15) is 0 Å². The molecule has 2 nitrogen and oxygen atoms in total. The number of thioether (sulfide) groups is 1. The van der Waals surface area contributed by atoms with E-state index in [2.05, 4.69) is 41.0 Å². The Kier molecular flexibility index (Phi) is 3.86. The molecular formula is C11H16N2S. The molecular weight excluding hydrogens is 192 g/mol. The van der Waals surface area contributed by atoms with Crippen molar-refractivity contribution in [2.75, 3.05) is 25.4 Å². The van der Waals surface area contributed by atoms with Gasteiger partial charge < -0.3 is 10.6 Å². The SMILES string of the molecule is c1ccc(SCCNC2CNC2)cc1. The van der Waals surface area contributed by atoms with Crippen LogP contribution in [0.25, 0.3) is 0 Å². The highest BCUT2D eigenvalue weighted by Crippen LogP contribution is 2.15. The Morgan fingerprint density at radius 3 is 2.71 bits per heavy atom. The predicted molar refractivity (Wildman–Crippen MR) is 61.8 cm³/mol. The van der Waals surface area contributed by atoms with Gasteiger partial charge >= 0.3 is 0 Å². The van der Waals surface area contributed by atoms with Gasteiger partial charge in [-0.25, -0.2) is 0 Å². The van der Waals surface area contributed by atoms with Gasteiger partial charge in [0.05, 0.1) is 0 Å². The van der Waals surface area contributed by atoms with Gasteiger partial charge in [0.15, 0.2) is 0 Å². The Morgan fingerprint density at radius 2 is 2.07 bits per heavy atom. The van der Waals surface area contributed by atoms with Crippen LogP contribution >= 0.6 is 11.8 Å². The molecule has 1 aromatic rings. The summed E-state index contributed by atoms with van der Waals surface area (Å²) in [6.07, 6.45) is 0. The second-order valence-corrected chi connectivity index (χ2v) is 4.64. The van der Waals surface area contributed by atoms with E-state index in [9.17, 15) is 0 Å². The molecule has 1 fully saturated rings. The molecule has 0 unspecified atom stereocenters. The van der Waals surface area contributed by atoms with Gasteiger partial charge in [-0.05, 0) is 12.1 Å². The van der Waals surface area contributed by atoms with Gasteiger partial charge in [0.2, 0.25) is 0 Å². The maximum atomic E-state index is 3.51. The van der Waals surface area contributed by atoms with Gasteiger partial charge in [0, 0.05) is 36.3 Å². The average Bonchev–Trinajstić information content (AvgIpc) is 2.16. The zero-order valence-corrected chi connectivity index (χ0v) is 9.02. The maximum absolute atomic E-state index is 3.51. The van der Waals surface area contributed by atoms with Crippen LogP contribution in [-0.2, 0) is 0 Å². The largest absolute Gasteiger partial charge is 0.314 e. The Labute approximate surface area is 89.5 Å². The second kappa shape index (κ2) is 5.39. The van der Waals surface area contributed by atoms with Crippen LogP contribution < -0.4 is 10.6 Å². The van der Waals surface area contributed by atoms with Crippen molar-refractivity contribution in [1.82, 2.24) is 10.6 Å². The lowest BCUT2D eigenvalue weighted by Crippen LogP contribution is -2.55. The quantitative estimate of drug-likeness (QED) is 0.564. The van der Waals surface area contributed by atoms with E-state index < -0.39 is 0 Å². The van der Waals surface area contributed by atoms with Crippen molar-refractivity contribution in [3.05, 3.63) is 30.3 Å². The van der Waals surface area contributed by atoms with Gasteiger partial charge in [-0.3, -0.25) is 0 Å². The molecule has 1 heterocycles. The van der Waals surface area contributed by atoms with Crippen molar-refractivity contribution in [3.8, 4) is 0 Å². The molecule has 1 aromatic carbocycles. The highest BCUT2D eigenvalue weighted by Gasteiger charge is 2.14. The molecule has 0 spiro atoms. The first kappa shape index (κ1) is 10.0. The molecule has 76 valence electrons. The van der Waals surface area contributed by atoms with E-state index in [4.69, 9.17) is 0 Å². The molecule has 0 atom stereocenters. The molecule has 0 radical (unpaired) electrons. The zero-order valence-electron chi connectivity index (χ0n) is 8.20. The van der Waals surface area contributed by atoms with Gasteiger partial charge in [0.25, 0.3) is 0 Å². The molecule has 1 aliphatic rings. The molecule has 2 N–H and O–H groups in total. The molecule has 1 saturated heterocycles. The fourth-order valence-electron chi connectivity index (χ4n) is 1.38. The lowest BCUT2D eigenvalue weighted by atomic mass is 10.2. The van der Waals surface area contributed by atoms with Crippen molar-refractivity contribution in [1.29, 1.82) is 0 Å². The van der Waals surface area contributed by atoms with E-state index in [1.807, 2.05) is 11.8 Å². The van der Waals surface area contributed by atoms with E-state index >= 15 is 0 Å².